The second kappa shape index (κ2) is 6.24. The van der Waals surface area contributed by atoms with Gasteiger partial charge in [-0.1, -0.05) is 18.2 Å². The molecule has 0 saturated carbocycles. The fourth-order valence-electron chi connectivity index (χ4n) is 2.96. The second-order valence-electron chi connectivity index (χ2n) is 5.73. The van der Waals surface area contributed by atoms with Crippen LogP contribution in [0.5, 0.6) is 0 Å². The molecule has 3 rings (SSSR count). The van der Waals surface area contributed by atoms with Gasteiger partial charge in [0.15, 0.2) is 0 Å². The van der Waals surface area contributed by atoms with Crippen molar-refractivity contribution in [2.24, 2.45) is 4.99 Å². The third-order valence-corrected chi connectivity index (χ3v) is 4.24. The maximum atomic E-state index is 12.6. The molecule has 1 aliphatic heterocycles. The lowest BCUT2D eigenvalue weighted by Crippen LogP contribution is -2.50. The Kier molecular flexibility index (Phi) is 4.14. The molecule has 0 radical (unpaired) electrons. The van der Waals surface area contributed by atoms with E-state index in [1.807, 2.05) is 30.0 Å². The highest BCUT2D eigenvalue weighted by molar-refractivity contribution is 6.44. The van der Waals surface area contributed by atoms with Gasteiger partial charge >= 0.3 is 0 Å². The van der Waals surface area contributed by atoms with Gasteiger partial charge in [0.25, 0.3) is 11.7 Å². The van der Waals surface area contributed by atoms with Crippen molar-refractivity contribution in [3.63, 3.8) is 0 Å². The molecule has 120 valence electrons. The van der Waals surface area contributed by atoms with E-state index in [4.69, 9.17) is 0 Å². The summed E-state index contributed by atoms with van der Waals surface area (Å²) < 4.78 is 0. The van der Waals surface area contributed by atoms with Crippen molar-refractivity contribution < 1.29 is 9.59 Å². The molecule has 0 unspecified atom stereocenters. The zero-order valence-corrected chi connectivity index (χ0v) is 13.4. The number of benzene rings is 1. The summed E-state index contributed by atoms with van der Waals surface area (Å²) >= 11 is 0. The molecular weight excluding hydrogens is 292 g/mol. The highest BCUT2D eigenvalue weighted by Crippen LogP contribution is 2.22. The average Bonchev–Trinajstić information content (AvgIpc) is 3.00. The number of amides is 1. The minimum absolute atomic E-state index is 0.430. The van der Waals surface area contributed by atoms with Crippen LogP contribution in [0.2, 0.25) is 0 Å². The van der Waals surface area contributed by atoms with E-state index in [2.05, 4.69) is 9.98 Å². The van der Waals surface area contributed by atoms with Crippen LogP contribution in [0.4, 0.5) is 0 Å². The SMILES string of the molecule is CN=CN1CCN(C(=O)C(=O)c2c[nH]c3c(C)cccc23)CC1. The summed E-state index contributed by atoms with van der Waals surface area (Å²) in [5.74, 6) is -0.875. The first kappa shape index (κ1) is 15.3. The van der Waals surface area contributed by atoms with Crippen LogP contribution in [-0.2, 0) is 4.79 Å². The number of fused-ring (bicyclic) bond motifs is 1. The largest absolute Gasteiger partial charge is 0.360 e. The topological polar surface area (TPSA) is 68.8 Å². The highest BCUT2D eigenvalue weighted by atomic mass is 16.2. The summed E-state index contributed by atoms with van der Waals surface area (Å²) in [5.41, 5.74) is 2.42. The second-order valence-corrected chi connectivity index (χ2v) is 5.73. The van der Waals surface area contributed by atoms with Gasteiger partial charge in [-0.3, -0.25) is 14.6 Å². The first-order valence-corrected chi connectivity index (χ1v) is 7.68. The van der Waals surface area contributed by atoms with Crippen LogP contribution in [0, 0.1) is 6.92 Å². The Labute approximate surface area is 134 Å². The fraction of sp³-hybridized carbons (Fsp3) is 0.353. The van der Waals surface area contributed by atoms with Crippen molar-refractivity contribution in [3.8, 4) is 0 Å². The molecule has 1 aliphatic rings. The summed E-state index contributed by atoms with van der Waals surface area (Å²) in [4.78, 5) is 35.8. The van der Waals surface area contributed by atoms with E-state index >= 15 is 0 Å². The third-order valence-electron chi connectivity index (χ3n) is 4.24. The third kappa shape index (κ3) is 2.84. The van der Waals surface area contributed by atoms with E-state index < -0.39 is 11.7 Å². The van der Waals surface area contributed by atoms with Gasteiger partial charge in [0.2, 0.25) is 0 Å². The quantitative estimate of drug-likeness (QED) is 0.404. The number of aromatic amines is 1. The van der Waals surface area contributed by atoms with Crippen LogP contribution in [-0.4, -0.2) is 66.0 Å². The van der Waals surface area contributed by atoms with Gasteiger partial charge in [-0.2, -0.15) is 0 Å². The Morgan fingerprint density at radius 3 is 2.65 bits per heavy atom. The number of carbonyl (C=O) groups excluding carboxylic acids is 2. The molecule has 0 spiro atoms. The molecule has 1 aromatic carbocycles. The Balaban J connectivity index is 1.77. The summed E-state index contributed by atoms with van der Waals surface area (Å²) in [6, 6.07) is 5.74. The van der Waals surface area contributed by atoms with Crippen molar-refractivity contribution in [1.82, 2.24) is 14.8 Å². The zero-order chi connectivity index (χ0) is 16.4. The number of aliphatic imine (C=N–C) groups is 1. The number of Topliss-reactive ketones (excluding diaryl/α,β-unsaturated/α-hetero) is 1. The molecule has 0 aliphatic carbocycles. The Hall–Kier alpha value is -2.63. The number of nitrogens with zero attached hydrogens (tertiary/aromatic N) is 3. The van der Waals surface area contributed by atoms with E-state index in [1.54, 1.807) is 24.5 Å². The van der Waals surface area contributed by atoms with Gasteiger partial charge in [0.1, 0.15) is 0 Å². The zero-order valence-electron chi connectivity index (χ0n) is 13.4. The number of aromatic nitrogens is 1. The van der Waals surface area contributed by atoms with Gasteiger partial charge in [-0.05, 0) is 12.5 Å². The van der Waals surface area contributed by atoms with Crippen molar-refractivity contribution >= 4 is 28.9 Å². The number of aryl methyl sites for hydroxylation is 1. The van der Waals surface area contributed by atoms with Crippen molar-refractivity contribution in [3.05, 3.63) is 35.5 Å². The van der Waals surface area contributed by atoms with E-state index in [9.17, 15) is 9.59 Å². The summed E-state index contributed by atoms with van der Waals surface area (Å²) in [7, 11) is 1.72. The predicted octanol–water partition coefficient (Wildman–Crippen LogP) is 1.46. The van der Waals surface area contributed by atoms with Gasteiger partial charge < -0.3 is 14.8 Å². The number of hydrogen-bond acceptors (Lipinski definition) is 3. The lowest BCUT2D eigenvalue weighted by molar-refractivity contribution is -0.127. The summed E-state index contributed by atoms with van der Waals surface area (Å²) in [6.07, 6.45) is 3.41. The van der Waals surface area contributed by atoms with Crippen LogP contribution in [0.1, 0.15) is 15.9 Å². The molecule has 1 amide bonds. The average molecular weight is 312 g/mol. The molecule has 0 bridgehead atoms. The molecular formula is C17H20N4O2. The number of rotatable bonds is 3. The normalized spacial score (nSPS) is 15.6. The van der Waals surface area contributed by atoms with Crippen LogP contribution in [0.25, 0.3) is 10.9 Å². The smallest absolute Gasteiger partial charge is 0.295 e. The van der Waals surface area contributed by atoms with Crippen LogP contribution >= 0.6 is 0 Å². The number of hydrogen-bond donors (Lipinski definition) is 1. The molecule has 2 heterocycles. The minimum atomic E-state index is -0.445. The monoisotopic (exact) mass is 312 g/mol. The first-order valence-electron chi connectivity index (χ1n) is 7.68. The fourth-order valence-corrected chi connectivity index (χ4v) is 2.96. The number of ketones is 1. The molecule has 1 aromatic heterocycles. The first-order chi connectivity index (χ1) is 11.1. The van der Waals surface area contributed by atoms with Crippen molar-refractivity contribution in [1.29, 1.82) is 0 Å². The standard InChI is InChI=1S/C17H20N4O2/c1-12-4-3-5-13-14(10-19-15(12)13)16(22)17(23)21-8-6-20(7-9-21)11-18-2/h3-5,10-11,19H,6-9H2,1-2H3. The lowest BCUT2D eigenvalue weighted by atomic mass is 10.1. The molecule has 1 saturated heterocycles. The Bertz CT molecular complexity index is 770. The molecule has 6 heteroatoms. The molecule has 23 heavy (non-hydrogen) atoms. The van der Waals surface area contributed by atoms with Crippen LogP contribution in [0.15, 0.2) is 29.4 Å². The highest BCUT2D eigenvalue weighted by Gasteiger charge is 2.27. The lowest BCUT2D eigenvalue weighted by Gasteiger charge is -2.33. The maximum Gasteiger partial charge on any atom is 0.295 e. The van der Waals surface area contributed by atoms with E-state index in [1.165, 1.54) is 0 Å². The van der Waals surface area contributed by atoms with E-state index in [-0.39, 0.29) is 0 Å². The van der Waals surface area contributed by atoms with Gasteiger partial charge in [-0.25, -0.2) is 0 Å². The molecule has 1 fully saturated rings. The van der Waals surface area contributed by atoms with Gasteiger partial charge in [0, 0.05) is 50.3 Å². The predicted molar refractivity (Wildman–Crippen MR) is 89.9 cm³/mol. The number of H-pyrrole nitrogens is 1. The van der Waals surface area contributed by atoms with E-state index in [0.717, 1.165) is 16.5 Å². The summed E-state index contributed by atoms with van der Waals surface area (Å²) in [5, 5.41) is 0.806. The molecule has 2 aromatic rings. The number of para-hydroxylation sites is 1. The number of carbonyl (C=O) groups is 2. The molecule has 1 N–H and O–H groups in total. The molecule has 6 nitrogen and oxygen atoms in total. The summed E-state index contributed by atoms with van der Waals surface area (Å²) in [6.45, 7) is 4.45. The maximum absolute atomic E-state index is 12.6. The van der Waals surface area contributed by atoms with Crippen LogP contribution in [0.3, 0.4) is 0 Å². The number of piperazine rings is 1. The molecule has 0 atom stereocenters. The minimum Gasteiger partial charge on any atom is -0.360 e. The van der Waals surface area contributed by atoms with E-state index in [0.29, 0.717) is 31.7 Å². The van der Waals surface area contributed by atoms with Crippen LogP contribution < -0.4 is 0 Å². The van der Waals surface area contributed by atoms with Crippen molar-refractivity contribution in [2.75, 3.05) is 33.2 Å². The Morgan fingerprint density at radius 1 is 1.22 bits per heavy atom. The Morgan fingerprint density at radius 2 is 1.96 bits per heavy atom. The number of nitrogens with one attached hydrogen (secondary N) is 1. The van der Waals surface area contributed by atoms with Gasteiger partial charge in [-0.15, -0.1) is 0 Å². The van der Waals surface area contributed by atoms with Gasteiger partial charge in [0.05, 0.1) is 11.9 Å². The van der Waals surface area contributed by atoms with Crippen molar-refractivity contribution in [2.45, 2.75) is 6.92 Å².